The van der Waals surface area contributed by atoms with E-state index >= 15 is 0 Å². The zero-order valence-electron chi connectivity index (χ0n) is 8.73. The second kappa shape index (κ2) is 3.70. The van der Waals surface area contributed by atoms with Crippen LogP contribution in [0.15, 0.2) is 12.1 Å². The molecular weight excluding hydrogens is 320 g/mol. The van der Waals surface area contributed by atoms with Gasteiger partial charge in [0.2, 0.25) is 0 Å². The summed E-state index contributed by atoms with van der Waals surface area (Å²) < 4.78 is -0.549. The van der Waals surface area contributed by atoms with Crippen molar-refractivity contribution in [2.75, 3.05) is 0 Å². The predicted octanol–water partition coefficient (Wildman–Crippen LogP) is 3.92. The van der Waals surface area contributed by atoms with Crippen molar-refractivity contribution >= 4 is 37.6 Å². The van der Waals surface area contributed by atoms with Crippen LogP contribution in [0.1, 0.15) is 33.5 Å². The van der Waals surface area contributed by atoms with E-state index in [1.54, 1.807) is 0 Å². The van der Waals surface area contributed by atoms with Gasteiger partial charge in [-0.15, -0.1) is 0 Å². The minimum Gasteiger partial charge on any atom is -0.292 e. The third-order valence-electron chi connectivity index (χ3n) is 2.83. The van der Waals surface area contributed by atoms with Gasteiger partial charge in [0.15, 0.2) is 5.78 Å². The molecule has 0 amide bonds. The third-order valence-corrected chi connectivity index (χ3v) is 4.34. The molecule has 15 heavy (non-hydrogen) atoms. The Morgan fingerprint density at radius 3 is 2.60 bits per heavy atom. The summed E-state index contributed by atoms with van der Waals surface area (Å²) in [5.41, 5.74) is 4.39. The Kier molecular flexibility index (Phi) is 2.80. The molecule has 0 saturated carbocycles. The van der Waals surface area contributed by atoms with Crippen molar-refractivity contribution in [3.63, 3.8) is 0 Å². The van der Waals surface area contributed by atoms with Gasteiger partial charge in [0.05, 0.1) is 0 Å². The van der Waals surface area contributed by atoms with Crippen LogP contribution in [0.3, 0.4) is 0 Å². The van der Waals surface area contributed by atoms with E-state index in [0.717, 1.165) is 24.0 Å². The van der Waals surface area contributed by atoms with Crippen molar-refractivity contribution in [2.24, 2.45) is 0 Å². The van der Waals surface area contributed by atoms with Gasteiger partial charge in [0.25, 0.3) is 0 Å². The van der Waals surface area contributed by atoms with E-state index in [9.17, 15) is 4.79 Å². The maximum Gasteiger partial charge on any atom is 0.190 e. The van der Waals surface area contributed by atoms with Crippen LogP contribution in [0.5, 0.6) is 0 Å². The number of benzene rings is 1. The number of fused-ring (bicyclic) bond motifs is 1. The van der Waals surface area contributed by atoms with Crippen LogP contribution >= 0.6 is 31.9 Å². The summed E-state index contributed by atoms with van der Waals surface area (Å²) in [5.74, 6) is 0.154. The van der Waals surface area contributed by atoms with Crippen LogP contribution in [0.2, 0.25) is 0 Å². The van der Waals surface area contributed by atoms with Gasteiger partial charge in [0.1, 0.15) is 3.23 Å². The van der Waals surface area contributed by atoms with Gasteiger partial charge >= 0.3 is 0 Å². The molecule has 80 valence electrons. The van der Waals surface area contributed by atoms with Gasteiger partial charge < -0.3 is 0 Å². The van der Waals surface area contributed by atoms with Crippen molar-refractivity contribution in [1.29, 1.82) is 0 Å². The minimum atomic E-state index is -0.549. The molecule has 1 nitrogen and oxygen atoms in total. The van der Waals surface area contributed by atoms with Crippen molar-refractivity contribution in [2.45, 2.75) is 29.9 Å². The summed E-state index contributed by atoms with van der Waals surface area (Å²) in [7, 11) is 0. The predicted molar refractivity (Wildman–Crippen MR) is 69.2 cm³/mol. The van der Waals surface area contributed by atoms with E-state index < -0.39 is 3.23 Å². The van der Waals surface area contributed by atoms with E-state index in [2.05, 4.69) is 50.9 Å². The van der Waals surface area contributed by atoms with Gasteiger partial charge in [-0.1, -0.05) is 49.6 Å². The minimum absolute atomic E-state index is 0.154. The highest BCUT2D eigenvalue weighted by Gasteiger charge is 2.38. The first-order chi connectivity index (χ1) is 6.92. The van der Waals surface area contributed by atoms with E-state index in [1.165, 1.54) is 11.1 Å². The summed E-state index contributed by atoms with van der Waals surface area (Å²) >= 11 is 6.89. The van der Waals surface area contributed by atoms with Gasteiger partial charge in [-0.2, -0.15) is 0 Å². The number of hydrogen-bond acceptors (Lipinski definition) is 1. The van der Waals surface area contributed by atoms with Crippen LogP contribution in [0, 0.1) is 13.8 Å². The summed E-state index contributed by atoms with van der Waals surface area (Å²) in [6.07, 6.45) is 1.75. The zero-order valence-corrected chi connectivity index (χ0v) is 11.9. The molecule has 0 atom stereocenters. The number of Topliss-reactive ketones (excluding diaryl/α,β-unsaturated/α-hetero) is 1. The largest absolute Gasteiger partial charge is 0.292 e. The molecule has 0 radical (unpaired) electrons. The highest BCUT2D eigenvalue weighted by Crippen LogP contribution is 2.41. The van der Waals surface area contributed by atoms with Crippen molar-refractivity contribution in [3.8, 4) is 0 Å². The maximum atomic E-state index is 12.2. The molecule has 0 saturated heterocycles. The van der Waals surface area contributed by atoms with E-state index in [4.69, 9.17) is 0 Å². The van der Waals surface area contributed by atoms with Crippen LogP contribution in [0.4, 0.5) is 0 Å². The molecule has 0 unspecified atom stereocenters. The second-order valence-electron chi connectivity index (χ2n) is 4.15. The molecule has 0 aliphatic heterocycles. The van der Waals surface area contributed by atoms with Crippen molar-refractivity contribution in [1.82, 2.24) is 0 Å². The number of alkyl halides is 2. The smallest absolute Gasteiger partial charge is 0.190 e. The molecule has 0 fully saturated rings. The number of rotatable bonds is 0. The van der Waals surface area contributed by atoms with Gasteiger partial charge in [-0.3, -0.25) is 4.79 Å². The average Bonchev–Trinajstić information content (AvgIpc) is 2.11. The number of halogens is 2. The summed E-state index contributed by atoms with van der Waals surface area (Å²) in [4.78, 5) is 12.2. The highest BCUT2D eigenvalue weighted by molar-refractivity contribution is 9.26. The lowest BCUT2D eigenvalue weighted by molar-refractivity contribution is 0.0971. The van der Waals surface area contributed by atoms with Gasteiger partial charge in [0, 0.05) is 5.56 Å². The Labute approximate surface area is 107 Å². The first-order valence-electron chi connectivity index (χ1n) is 4.94. The molecule has 1 aliphatic carbocycles. The lowest BCUT2D eigenvalue weighted by Crippen LogP contribution is -2.31. The quantitative estimate of drug-likeness (QED) is 0.658. The van der Waals surface area contributed by atoms with Crippen LogP contribution in [-0.2, 0) is 6.42 Å². The first-order valence-corrected chi connectivity index (χ1v) is 6.53. The Morgan fingerprint density at radius 1 is 1.27 bits per heavy atom. The Hall–Kier alpha value is -0.150. The van der Waals surface area contributed by atoms with Crippen LogP contribution < -0.4 is 0 Å². The molecule has 0 N–H and O–H groups in total. The Bertz CT molecular complexity index is 435. The molecule has 0 heterocycles. The number of hydrogen-bond donors (Lipinski definition) is 0. The molecule has 0 aromatic heterocycles. The molecule has 0 spiro atoms. The van der Waals surface area contributed by atoms with Gasteiger partial charge in [-0.05, 0) is 37.8 Å². The average molecular weight is 332 g/mol. The molecule has 1 aromatic carbocycles. The van der Waals surface area contributed by atoms with E-state index in [1.807, 2.05) is 6.92 Å². The molecule has 3 heteroatoms. The SMILES string of the molecule is Cc1cc(C)c2c(c1)CCC(Br)(Br)C2=O. The van der Waals surface area contributed by atoms with Gasteiger partial charge in [-0.25, -0.2) is 0 Å². The molecular formula is C12H12Br2O. The lowest BCUT2D eigenvalue weighted by Gasteiger charge is -2.27. The summed E-state index contributed by atoms with van der Waals surface area (Å²) in [6.45, 7) is 4.08. The second-order valence-corrected chi connectivity index (χ2v) is 7.92. The first kappa shape index (κ1) is 11.3. The van der Waals surface area contributed by atoms with E-state index in [-0.39, 0.29) is 5.78 Å². The molecule has 0 bridgehead atoms. The van der Waals surface area contributed by atoms with Crippen LogP contribution in [-0.4, -0.2) is 9.02 Å². The number of aryl methyl sites for hydroxylation is 3. The Balaban J connectivity index is 2.62. The fraction of sp³-hybridized carbons (Fsp3) is 0.417. The van der Waals surface area contributed by atoms with Crippen molar-refractivity contribution < 1.29 is 4.79 Å². The molecule has 2 rings (SSSR count). The Morgan fingerprint density at radius 2 is 1.93 bits per heavy atom. The summed E-state index contributed by atoms with van der Waals surface area (Å²) in [6, 6.07) is 4.19. The normalized spacial score (nSPS) is 18.8. The van der Waals surface area contributed by atoms with Crippen molar-refractivity contribution in [3.05, 3.63) is 34.4 Å². The highest BCUT2D eigenvalue weighted by atomic mass is 79.9. The lowest BCUT2D eigenvalue weighted by atomic mass is 9.86. The zero-order chi connectivity index (χ0) is 11.2. The number of ketones is 1. The third kappa shape index (κ3) is 1.92. The number of carbonyl (C=O) groups excluding carboxylic acids is 1. The topological polar surface area (TPSA) is 17.1 Å². The molecule has 1 aliphatic rings. The fourth-order valence-corrected chi connectivity index (χ4v) is 2.96. The molecule has 1 aromatic rings. The van der Waals surface area contributed by atoms with Crippen LogP contribution in [0.25, 0.3) is 0 Å². The maximum absolute atomic E-state index is 12.2. The monoisotopic (exact) mass is 330 g/mol. The number of carbonyl (C=O) groups is 1. The van der Waals surface area contributed by atoms with E-state index in [0.29, 0.717) is 0 Å². The summed E-state index contributed by atoms with van der Waals surface area (Å²) in [5, 5.41) is 0. The standard InChI is InChI=1S/C12H12Br2O/c1-7-5-8(2)10-9(6-7)3-4-12(13,14)11(10)15/h5-6H,3-4H2,1-2H3. The fourth-order valence-electron chi connectivity index (χ4n) is 2.17.